The molecule has 3 rings (SSSR count). The Morgan fingerprint density at radius 3 is 2.59 bits per heavy atom. The van der Waals surface area contributed by atoms with Gasteiger partial charge in [-0.3, -0.25) is 4.79 Å². The van der Waals surface area contributed by atoms with E-state index in [9.17, 15) is 14.4 Å². The molecule has 1 atom stereocenters. The third-order valence-electron chi connectivity index (χ3n) is 4.56. The van der Waals surface area contributed by atoms with Gasteiger partial charge < -0.3 is 4.74 Å². The van der Waals surface area contributed by atoms with Gasteiger partial charge in [-0.15, -0.1) is 16.8 Å². The van der Waals surface area contributed by atoms with Gasteiger partial charge in [0.1, 0.15) is 6.21 Å². The molecular weight excluding hydrogens is 366 g/mol. The number of fused-ring (bicyclic) bond motifs is 1. The fourth-order valence-corrected chi connectivity index (χ4v) is 4.14. The molecule has 0 bridgehead atoms. The normalized spacial score (nSPS) is 19.6. The number of esters is 1. The van der Waals surface area contributed by atoms with E-state index in [0.29, 0.717) is 17.2 Å². The highest BCUT2D eigenvalue weighted by Gasteiger charge is 2.47. The van der Waals surface area contributed by atoms with E-state index >= 15 is 0 Å². The van der Waals surface area contributed by atoms with Crippen molar-refractivity contribution in [2.24, 2.45) is 10.9 Å². The lowest BCUT2D eigenvalue weighted by molar-refractivity contribution is -0.407. The van der Waals surface area contributed by atoms with Crippen LogP contribution in [0, 0.1) is 5.92 Å². The van der Waals surface area contributed by atoms with E-state index < -0.39 is 5.92 Å². The van der Waals surface area contributed by atoms with Crippen LogP contribution in [-0.2, 0) is 15.3 Å². The molecule has 0 aromatic heterocycles. The maximum atomic E-state index is 12.7. The predicted molar refractivity (Wildman–Crippen MR) is 103 cm³/mol. The van der Waals surface area contributed by atoms with Crippen LogP contribution in [0.5, 0.6) is 0 Å². The standard InChI is InChI=1S/C19H20N3O4S/c1-11-9-20-16-14(17(23)22(3)19(25)21(16)2)15(11)27-10-12-5-7-13(8-6-12)18(24)26-4/h5-9,14H,10H2,1-4H3/q+1. The van der Waals surface area contributed by atoms with Crippen LogP contribution in [0.2, 0.25) is 0 Å². The fourth-order valence-electron chi connectivity index (χ4n) is 2.97. The summed E-state index contributed by atoms with van der Waals surface area (Å²) in [7, 11) is 4.46. The van der Waals surface area contributed by atoms with Crippen LogP contribution in [0.1, 0.15) is 22.8 Å². The van der Waals surface area contributed by atoms with Crippen molar-refractivity contribution < 1.29 is 23.7 Å². The number of hydrogen-bond donors (Lipinski definition) is 0. The van der Waals surface area contributed by atoms with Crippen LogP contribution >= 0.6 is 11.8 Å². The van der Waals surface area contributed by atoms with Gasteiger partial charge in [0.15, 0.2) is 5.92 Å². The SMILES string of the molecule is COC(=O)c1ccc(CSC2=C(C)C=NC3=[N+](C)C(=O)N(C)C(=O)C23)cc1. The minimum atomic E-state index is -0.568. The number of dihydropyridines is 1. The van der Waals surface area contributed by atoms with E-state index in [4.69, 9.17) is 4.74 Å². The number of ether oxygens (including phenoxy) is 1. The van der Waals surface area contributed by atoms with Crippen molar-refractivity contribution in [1.82, 2.24) is 4.90 Å². The van der Waals surface area contributed by atoms with Gasteiger partial charge in [0.05, 0.1) is 26.8 Å². The Morgan fingerprint density at radius 1 is 1.30 bits per heavy atom. The summed E-state index contributed by atoms with van der Waals surface area (Å²) < 4.78 is 6.12. The number of thioether (sulfide) groups is 1. The second-order valence-electron chi connectivity index (χ2n) is 6.31. The summed E-state index contributed by atoms with van der Waals surface area (Å²) in [5, 5.41) is 0. The number of methoxy groups -OCH3 is 1. The van der Waals surface area contributed by atoms with Gasteiger partial charge in [0.2, 0.25) is 0 Å². The van der Waals surface area contributed by atoms with Crippen LogP contribution in [0.4, 0.5) is 4.79 Å². The molecular formula is C19H20N3O4S+. The predicted octanol–water partition coefficient (Wildman–Crippen LogP) is 2.31. The minimum absolute atomic E-state index is 0.271. The Hall–Kier alpha value is -2.74. The number of carbonyl (C=O) groups is 3. The van der Waals surface area contributed by atoms with Gasteiger partial charge in [0.25, 0.3) is 5.84 Å². The second kappa shape index (κ2) is 7.48. The molecule has 0 N–H and O–H groups in total. The van der Waals surface area contributed by atoms with Crippen LogP contribution < -0.4 is 0 Å². The summed E-state index contributed by atoms with van der Waals surface area (Å²) >= 11 is 1.54. The highest BCUT2D eigenvalue weighted by atomic mass is 32.2. The first-order valence-electron chi connectivity index (χ1n) is 8.32. The van der Waals surface area contributed by atoms with Crippen molar-refractivity contribution in [3.8, 4) is 0 Å². The number of imide groups is 1. The van der Waals surface area contributed by atoms with Gasteiger partial charge in [-0.2, -0.15) is 9.48 Å². The maximum absolute atomic E-state index is 12.7. The number of rotatable bonds is 4. The van der Waals surface area contributed by atoms with Crippen molar-refractivity contribution in [1.29, 1.82) is 0 Å². The monoisotopic (exact) mass is 386 g/mol. The summed E-state index contributed by atoms with van der Waals surface area (Å²) in [6, 6.07) is 6.78. The minimum Gasteiger partial charge on any atom is -0.465 e. The van der Waals surface area contributed by atoms with Gasteiger partial charge >= 0.3 is 17.9 Å². The number of benzene rings is 1. The summed E-state index contributed by atoms with van der Waals surface area (Å²) in [6.45, 7) is 1.91. The van der Waals surface area contributed by atoms with E-state index in [0.717, 1.165) is 20.9 Å². The molecule has 0 radical (unpaired) electrons. The molecule has 2 aliphatic heterocycles. The highest BCUT2D eigenvalue weighted by molar-refractivity contribution is 8.02. The molecule has 2 aliphatic rings. The lowest BCUT2D eigenvalue weighted by Gasteiger charge is -2.27. The smallest absolute Gasteiger partial charge is 0.445 e. The first kappa shape index (κ1) is 19.0. The number of amides is 3. The Kier molecular flexibility index (Phi) is 5.27. The lowest BCUT2D eigenvalue weighted by atomic mass is 9.99. The number of allylic oxidation sites excluding steroid dienone is 1. The zero-order valence-corrected chi connectivity index (χ0v) is 16.4. The molecule has 8 heteroatoms. The number of nitrogens with zero attached hydrogens (tertiary/aromatic N) is 3. The second-order valence-corrected chi connectivity index (χ2v) is 7.33. The zero-order chi connectivity index (χ0) is 19.7. The molecule has 27 heavy (non-hydrogen) atoms. The summed E-state index contributed by atoms with van der Waals surface area (Å²) in [5.41, 5.74) is 2.41. The topological polar surface area (TPSA) is 79.0 Å². The first-order valence-corrected chi connectivity index (χ1v) is 9.30. The third-order valence-corrected chi connectivity index (χ3v) is 5.91. The lowest BCUT2D eigenvalue weighted by Crippen LogP contribution is -2.52. The number of amidine groups is 1. The number of aliphatic imine (C=N–C) groups is 1. The Morgan fingerprint density at radius 2 is 1.96 bits per heavy atom. The maximum Gasteiger partial charge on any atom is 0.445 e. The van der Waals surface area contributed by atoms with E-state index in [1.807, 2.05) is 19.1 Å². The third kappa shape index (κ3) is 3.44. The fraction of sp³-hybridized carbons (Fsp3) is 0.316. The highest BCUT2D eigenvalue weighted by Crippen LogP contribution is 2.36. The number of carbonyl (C=O) groups excluding carboxylic acids is 3. The first-order chi connectivity index (χ1) is 12.8. The van der Waals surface area contributed by atoms with Gasteiger partial charge in [-0.1, -0.05) is 12.1 Å². The van der Waals surface area contributed by atoms with E-state index in [2.05, 4.69) is 4.99 Å². The van der Waals surface area contributed by atoms with E-state index in [-0.39, 0.29) is 17.9 Å². The van der Waals surface area contributed by atoms with Gasteiger partial charge in [0, 0.05) is 10.7 Å². The molecule has 0 aliphatic carbocycles. The van der Waals surface area contributed by atoms with Gasteiger partial charge in [-0.05, 0) is 30.2 Å². The van der Waals surface area contributed by atoms with Crippen molar-refractivity contribution >= 4 is 41.7 Å². The Labute approximate surface area is 161 Å². The average molecular weight is 386 g/mol. The molecule has 1 unspecified atom stereocenters. The molecule has 0 saturated heterocycles. The van der Waals surface area contributed by atoms with Crippen LogP contribution in [0.25, 0.3) is 0 Å². The largest absolute Gasteiger partial charge is 0.465 e. The Bertz CT molecular complexity index is 915. The van der Waals surface area contributed by atoms with E-state index in [1.165, 1.54) is 30.5 Å². The molecule has 1 aromatic carbocycles. The molecule has 0 fully saturated rings. The van der Waals surface area contributed by atoms with Gasteiger partial charge in [-0.25, -0.2) is 9.59 Å². The van der Waals surface area contributed by atoms with Crippen molar-refractivity contribution in [3.05, 3.63) is 45.9 Å². The van der Waals surface area contributed by atoms with E-state index in [1.54, 1.807) is 25.4 Å². The average Bonchev–Trinajstić information content (AvgIpc) is 2.69. The summed E-state index contributed by atoms with van der Waals surface area (Å²) in [4.78, 5) is 42.7. The van der Waals surface area contributed by atoms with Crippen LogP contribution in [0.15, 0.2) is 39.7 Å². The van der Waals surface area contributed by atoms with Crippen molar-refractivity contribution in [2.75, 3.05) is 21.2 Å². The molecule has 1 aromatic rings. The Balaban J connectivity index is 1.84. The van der Waals surface area contributed by atoms with Crippen LogP contribution in [0.3, 0.4) is 0 Å². The molecule has 7 nitrogen and oxygen atoms in total. The molecule has 2 heterocycles. The van der Waals surface area contributed by atoms with Crippen LogP contribution in [-0.4, -0.2) is 60.6 Å². The molecule has 140 valence electrons. The molecule has 0 saturated carbocycles. The number of urea groups is 1. The van der Waals surface area contributed by atoms with Crippen molar-refractivity contribution in [3.63, 3.8) is 0 Å². The summed E-state index contributed by atoms with van der Waals surface area (Å²) in [5.74, 6) is -0.133. The molecule has 3 amide bonds. The summed E-state index contributed by atoms with van der Waals surface area (Å²) in [6.07, 6.45) is 1.69. The molecule has 0 spiro atoms. The quantitative estimate of drug-likeness (QED) is 0.586. The van der Waals surface area contributed by atoms with Crippen molar-refractivity contribution in [2.45, 2.75) is 12.7 Å². The zero-order valence-electron chi connectivity index (χ0n) is 15.6. The number of hydrogen-bond acceptors (Lipinski definition) is 6.